The van der Waals surface area contributed by atoms with Crippen molar-refractivity contribution in [2.24, 2.45) is 0 Å². The van der Waals surface area contributed by atoms with Gasteiger partial charge < -0.3 is 10.0 Å². The molecule has 1 amide bonds. The molecule has 0 atom stereocenters. The maximum atomic E-state index is 12.3. The van der Waals surface area contributed by atoms with Crippen molar-refractivity contribution in [2.75, 3.05) is 13.1 Å². The first kappa shape index (κ1) is 15.3. The van der Waals surface area contributed by atoms with Gasteiger partial charge in [0.15, 0.2) is 0 Å². The molecule has 0 radical (unpaired) electrons. The number of amides is 1. The van der Waals surface area contributed by atoms with Gasteiger partial charge in [0.2, 0.25) is 5.82 Å². The Balaban J connectivity index is 2.00. The summed E-state index contributed by atoms with van der Waals surface area (Å²) in [7, 11) is 0. The van der Waals surface area contributed by atoms with Crippen LogP contribution in [0.5, 0.6) is 0 Å². The van der Waals surface area contributed by atoms with E-state index in [9.17, 15) is 9.90 Å². The van der Waals surface area contributed by atoms with Crippen LogP contribution in [0.3, 0.4) is 0 Å². The van der Waals surface area contributed by atoms with E-state index in [1.807, 2.05) is 6.92 Å². The van der Waals surface area contributed by atoms with E-state index in [4.69, 9.17) is 23.2 Å². The fourth-order valence-electron chi connectivity index (χ4n) is 2.30. The monoisotopic (exact) mass is 340 g/mol. The molecule has 2 aromatic rings. The van der Waals surface area contributed by atoms with E-state index in [1.54, 1.807) is 18.2 Å². The number of halogens is 2. The number of carbonyl (C=O) groups excluding carboxylic acids is 1. The zero-order valence-electron chi connectivity index (χ0n) is 11.8. The summed E-state index contributed by atoms with van der Waals surface area (Å²) in [5.41, 5.74) is 0.512. The molecule has 0 unspecified atom stereocenters. The lowest BCUT2D eigenvalue weighted by molar-refractivity contribution is 0.00508. The Kier molecular flexibility index (Phi) is 4.08. The van der Waals surface area contributed by atoms with Crippen molar-refractivity contribution in [1.82, 2.24) is 19.7 Å². The molecule has 1 aromatic heterocycles. The van der Waals surface area contributed by atoms with Gasteiger partial charge in [-0.2, -0.15) is 0 Å². The summed E-state index contributed by atoms with van der Waals surface area (Å²) in [5, 5.41) is 14.4. The summed E-state index contributed by atoms with van der Waals surface area (Å²) in [6.45, 7) is 2.52. The van der Waals surface area contributed by atoms with Crippen molar-refractivity contribution in [2.45, 2.75) is 19.4 Å². The molecule has 1 aromatic carbocycles. The number of aliphatic hydroxyl groups is 1. The number of aryl methyl sites for hydroxylation is 1. The number of β-amino-alcohol motifs (C(OH)–C–C–N with tert-alkyl or cyclic N) is 1. The summed E-state index contributed by atoms with van der Waals surface area (Å²) in [6.07, 6.45) is 0.111. The van der Waals surface area contributed by atoms with Gasteiger partial charge in [0.25, 0.3) is 5.91 Å². The van der Waals surface area contributed by atoms with E-state index in [1.165, 1.54) is 9.58 Å². The summed E-state index contributed by atoms with van der Waals surface area (Å²) in [5.74, 6) is 0.376. The molecule has 1 saturated heterocycles. The number of hydrogen-bond donors (Lipinski definition) is 1. The Morgan fingerprint density at radius 3 is 2.55 bits per heavy atom. The molecule has 1 aliphatic rings. The highest BCUT2D eigenvalue weighted by molar-refractivity contribution is 6.37. The third-order valence-electron chi connectivity index (χ3n) is 3.48. The minimum atomic E-state index is -0.463. The first-order chi connectivity index (χ1) is 10.5. The molecule has 6 nitrogen and oxygen atoms in total. The number of rotatable bonds is 3. The maximum Gasteiger partial charge on any atom is 0.293 e. The molecular weight excluding hydrogens is 327 g/mol. The number of hydrogen-bond acceptors (Lipinski definition) is 4. The summed E-state index contributed by atoms with van der Waals surface area (Å²) >= 11 is 12.4. The predicted octanol–water partition coefficient (Wildman–Crippen LogP) is 1.95. The van der Waals surface area contributed by atoms with Crippen molar-refractivity contribution >= 4 is 29.1 Å². The van der Waals surface area contributed by atoms with Crippen LogP contribution in [0.25, 0.3) is 5.69 Å². The molecule has 0 saturated carbocycles. The van der Waals surface area contributed by atoms with Crippen molar-refractivity contribution in [1.29, 1.82) is 0 Å². The highest BCUT2D eigenvalue weighted by atomic mass is 35.5. The molecule has 0 aliphatic carbocycles. The largest absolute Gasteiger partial charge is 0.389 e. The van der Waals surface area contributed by atoms with Gasteiger partial charge in [-0.15, -0.1) is 5.10 Å². The van der Waals surface area contributed by atoms with Crippen molar-refractivity contribution < 1.29 is 9.90 Å². The zero-order valence-corrected chi connectivity index (χ0v) is 13.3. The molecule has 0 spiro atoms. The first-order valence-electron chi connectivity index (χ1n) is 6.89. The van der Waals surface area contributed by atoms with Gasteiger partial charge in [-0.05, 0) is 12.1 Å². The standard InChI is InChI=1S/C14H14Cl2N4O2/c1-2-11-17-13(14(22)19-6-8(21)7-19)18-20(11)12-9(15)4-3-5-10(12)16/h3-5,8,21H,2,6-7H2,1H3. The second-order valence-corrected chi connectivity index (χ2v) is 5.87. The van der Waals surface area contributed by atoms with E-state index < -0.39 is 6.10 Å². The Morgan fingerprint density at radius 2 is 2.00 bits per heavy atom. The molecule has 22 heavy (non-hydrogen) atoms. The topological polar surface area (TPSA) is 71.2 Å². The lowest BCUT2D eigenvalue weighted by Gasteiger charge is -2.34. The first-order valence-corrected chi connectivity index (χ1v) is 7.64. The number of nitrogens with zero attached hydrogens (tertiary/aromatic N) is 4. The molecule has 1 fully saturated rings. The maximum absolute atomic E-state index is 12.3. The Bertz CT molecular complexity index is 705. The lowest BCUT2D eigenvalue weighted by atomic mass is 10.2. The van der Waals surface area contributed by atoms with Crippen LogP contribution in [0.1, 0.15) is 23.4 Å². The highest BCUT2D eigenvalue weighted by Crippen LogP contribution is 2.29. The number of benzene rings is 1. The minimum Gasteiger partial charge on any atom is -0.389 e. The van der Waals surface area contributed by atoms with Crippen LogP contribution in [0, 0.1) is 0 Å². The highest BCUT2D eigenvalue weighted by Gasteiger charge is 2.32. The van der Waals surface area contributed by atoms with Gasteiger partial charge in [-0.3, -0.25) is 4.79 Å². The number of para-hydroxylation sites is 1. The second kappa shape index (κ2) is 5.87. The number of carbonyl (C=O) groups is 1. The lowest BCUT2D eigenvalue weighted by Crippen LogP contribution is -2.53. The van der Waals surface area contributed by atoms with Crippen molar-refractivity contribution in [3.63, 3.8) is 0 Å². The molecule has 0 bridgehead atoms. The molecule has 1 N–H and O–H groups in total. The SMILES string of the molecule is CCc1nc(C(=O)N2CC(O)C2)nn1-c1c(Cl)cccc1Cl. The summed E-state index contributed by atoms with van der Waals surface area (Å²) < 4.78 is 1.51. The molecule has 8 heteroatoms. The van der Waals surface area contributed by atoms with Crippen LogP contribution in [0.2, 0.25) is 10.0 Å². The van der Waals surface area contributed by atoms with Crippen LogP contribution in [0.4, 0.5) is 0 Å². The third-order valence-corrected chi connectivity index (χ3v) is 4.09. The van der Waals surface area contributed by atoms with Crippen molar-refractivity contribution in [3.8, 4) is 5.69 Å². The average molecular weight is 341 g/mol. The third kappa shape index (κ3) is 2.58. The van der Waals surface area contributed by atoms with Gasteiger partial charge in [-0.25, -0.2) is 9.67 Å². The summed E-state index contributed by atoms with van der Waals surface area (Å²) in [6, 6.07) is 5.15. The minimum absolute atomic E-state index is 0.0831. The second-order valence-electron chi connectivity index (χ2n) is 5.05. The van der Waals surface area contributed by atoms with Crippen LogP contribution in [-0.2, 0) is 6.42 Å². The fraction of sp³-hybridized carbons (Fsp3) is 0.357. The molecule has 116 valence electrons. The van der Waals surface area contributed by atoms with Crippen LogP contribution < -0.4 is 0 Å². The van der Waals surface area contributed by atoms with Crippen LogP contribution in [-0.4, -0.2) is 49.9 Å². The molecule has 3 rings (SSSR count). The Hall–Kier alpha value is -1.63. The average Bonchev–Trinajstić information content (AvgIpc) is 2.87. The Morgan fingerprint density at radius 1 is 1.36 bits per heavy atom. The van der Waals surface area contributed by atoms with Gasteiger partial charge in [0, 0.05) is 19.5 Å². The normalized spacial score (nSPS) is 15.0. The predicted molar refractivity (Wildman–Crippen MR) is 82.7 cm³/mol. The van der Waals surface area contributed by atoms with E-state index in [-0.39, 0.29) is 11.7 Å². The smallest absolute Gasteiger partial charge is 0.293 e. The van der Waals surface area contributed by atoms with E-state index in [0.29, 0.717) is 41.1 Å². The van der Waals surface area contributed by atoms with Gasteiger partial charge >= 0.3 is 0 Å². The van der Waals surface area contributed by atoms with Gasteiger partial charge in [0.1, 0.15) is 11.5 Å². The van der Waals surface area contributed by atoms with E-state index in [2.05, 4.69) is 10.1 Å². The van der Waals surface area contributed by atoms with E-state index in [0.717, 1.165) is 0 Å². The van der Waals surface area contributed by atoms with Crippen LogP contribution in [0.15, 0.2) is 18.2 Å². The summed E-state index contributed by atoms with van der Waals surface area (Å²) in [4.78, 5) is 18.0. The number of likely N-dealkylation sites (tertiary alicyclic amines) is 1. The quantitative estimate of drug-likeness (QED) is 0.926. The zero-order chi connectivity index (χ0) is 15.9. The van der Waals surface area contributed by atoms with Crippen LogP contribution >= 0.6 is 23.2 Å². The van der Waals surface area contributed by atoms with E-state index >= 15 is 0 Å². The number of aliphatic hydroxyl groups excluding tert-OH is 1. The fourth-order valence-corrected chi connectivity index (χ4v) is 2.85. The molecule has 2 heterocycles. The van der Waals surface area contributed by atoms with Gasteiger partial charge in [0.05, 0.1) is 16.1 Å². The number of aromatic nitrogens is 3. The van der Waals surface area contributed by atoms with Gasteiger partial charge in [-0.1, -0.05) is 36.2 Å². The Labute approximate surface area is 137 Å². The molecular formula is C14H14Cl2N4O2. The molecule has 1 aliphatic heterocycles. The van der Waals surface area contributed by atoms with Crippen molar-refractivity contribution in [3.05, 3.63) is 39.9 Å².